The van der Waals surface area contributed by atoms with Crippen LogP contribution in [0.15, 0.2) is 6.20 Å². The Morgan fingerprint density at radius 2 is 2.06 bits per heavy atom. The van der Waals surface area contributed by atoms with Gasteiger partial charge in [-0.05, 0) is 20.8 Å². The van der Waals surface area contributed by atoms with Crippen LogP contribution in [0.4, 0.5) is 19.1 Å². The van der Waals surface area contributed by atoms with Crippen LogP contribution in [0.5, 0.6) is 0 Å². The second-order valence-electron chi connectivity index (χ2n) is 4.06. The number of halogens is 3. The van der Waals surface area contributed by atoms with Gasteiger partial charge in [0.15, 0.2) is 0 Å². The number of hydrogen-bond donors (Lipinski definition) is 1. The molecule has 0 aliphatic heterocycles. The fourth-order valence-electron chi connectivity index (χ4n) is 1.34. The van der Waals surface area contributed by atoms with Crippen molar-refractivity contribution in [2.24, 2.45) is 0 Å². The van der Waals surface area contributed by atoms with Crippen molar-refractivity contribution in [1.82, 2.24) is 9.55 Å². The number of imidazole rings is 1. The lowest BCUT2D eigenvalue weighted by Gasteiger charge is -2.13. The van der Waals surface area contributed by atoms with E-state index in [0.29, 0.717) is 11.6 Å². The number of rotatable bonds is 4. The normalized spacial score (nSPS) is 12.2. The monoisotopic (exact) mass is 235 g/mol. The molecule has 16 heavy (non-hydrogen) atoms. The first kappa shape index (κ1) is 12.9. The zero-order chi connectivity index (χ0) is 12.3. The van der Waals surface area contributed by atoms with Crippen molar-refractivity contribution >= 4 is 5.95 Å². The molecule has 0 bridgehead atoms. The number of aryl methyl sites for hydroxylation is 2. The van der Waals surface area contributed by atoms with Gasteiger partial charge in [0.05, 0.1) is 12.1 Å². The molecule has 6 heteroatoms. The molecule has 1 heterocycles. The minimum atomic E-state index is -4.13. The van der Waals surface area contributed by atoms with Gasteiger partial charge in [0, 0.05) is 18.8 Å². The van der Waals surface area contributed by atoms with Crippen LogP contribution in [0.1, 0.15) is 26.0 Å². The van der Waals surface area contributed by atoms with Crippen LogP contribution in [0.25, 0.3) is 0 Å². The number of nitrogens with one attached hydrogen (secondary N) is 1. The second-order valence-corrected chi connectivity index (χ2v) is 4.06. The summed E-state index contributed by atoms with van der Waals surface area (Å²) >= 11 is 0. The summed E-state index contributed by atoms with van der Waals surface area (Å²) in [5, 5.41) is 3.01. The molecule has 0 radical (unpaired) electrons. The van der Waals surface area contributed by atoms with Crippen molar-refractivity contribution in [3.05, 3.63) is 11.9 Å². The van der Waals surface area contributed by atoms with Crippen LogP contribution in [0.2, 0.25) is 0 Å². The summed E-state index contributed by atoms with van der Waals surface area (Å²) in [6, 6.07) is 0.145. The Kier molecular flexibility index (Phi) is 3.83. The smallest absolute Gasteiger partial charge is 0.353 e. The molecular formula is C10H16F3N3. The van der Waals surface area contributed by atoms with Crippen LogP contribution in [-0.4, -0.2) is 21.8 Å². The van der Waals surface area contributed by atoms with Gasteiger partial charge < -0.3 is 9.88 Å². The molecular weight excluding hydrogens is 219 g/mol. The summed E-state index contributed by atoms with van der Waals surface area (Å²) in [5.74, 6) is 0.497. The van der Waals surface area contributed by atoms with Gasteiger partial charge in [-0.1, -0.05) is 0 Å². The maximum absolute atomic E-state index is 12.1. The predicted molar refractivity (Wildman–Crippen MR) is 56.4 cm³/mol. The third kappa shape index (κ3) is 4.12. The maximum Gasteiger partial charge on any atom is 0.390 e. The Bertz CT molecular complexity index is 342. The Labute approximate surface area is 92.7 Å². The van der Waals surface area contributed by atoms with E-state index in [0.717, 1.165) is 0 Å². The Hall–Kier alpha value is -1.20. The first-order valence-corrected chi connectivity index (χ1v) is 5.15. The van der Waals surface area contributed by atoms with E-state index in [4.69, 9.17) is 0 Å². The van der Waals surface area contributed by atoms with Gasteiger partial charge in [0.25, 0.3) is 0 Å². The molecule has 92 valence electrons. The molecule has 1 aromatic rings. The average Bonchev–Trinajstić information content (AvgIpc) is 2.40. The van der Waals surface area contributed by atoms with Crippen molar-refractivity contribution in [3.8, 4) is 0 Å². The van der Waals surface area contributed by atoms with Crippen LogP contribution >= 0.6 is 0 Å². The molecule has 1 N–H and O–H groups in total. The topological polar surface area (TPSA) is 29.9 Å². The molecule has 0 aromatic carbocycles. The lowest BCUT2D eigenvalue weighted by atomic mass is 10.4. The van der Waals surface area contributed by atoms with E-state index in [1.807, 2.05) is 13.8 Å². The summed E-state index contributed by atoms with van der Waals surface area (Å²) in [7, 11) is 0. The van der Waals surface area contributed by atoms with Crippen molar-refractivity contribution in [3.63, 3.8) is 0 Å². The maximum atomic E-state index is 12.1. The van der Waals surface area contributed by atoms with Gasteiger partial charge in [0.2, 0.25) is 5.95 Å². The van der Waals surface area contributed by atoms with Crippen LogP contribution in [-0.2, 0) is 6.54 Å². The highest BCUT2D eigenvalue weighted by atomic mass is 19.4. The predicted octanol–water partition coefficient (Wildman–Crippen LogP) is 2.96. The third-order valence-corrected chi connectivity index (χ3v) is 1.95. The van der Waals surface area contributed by atoms with E-state index in [2.05, 4.69) is 10.3 Å². The molecule has 0 spiro atoms. The molecule has 0 saturated carbocycles. The van der Waals surface area contributed by atoms with E-state index < -0.39 is 12.6 Å². The van der Waals surface area contributed by atoms with E-state index >= 15 is 0 Å². The van der Waals surface area contributed by atoms with Crippen molar-refractivity contribution in [2.75, 3.05) is 5.32 Å². The lowest BCUT2D eigenvalue weighted by molar-refractivity contribution is -0.136. The Morgan fingerprint density at radius 1 is 1.44 bits per heavy atom. The van der Waals surface area contributed by atoms with Crippen LogP contribution < -0.4 is 5.32 Å². The molecule has 0 unspecified atom stereocenters. The molecule has 0 fully saturated rings. The van der Waals surface area contributed by atoms with Crippen LogP contribution in [0.3, 0.4) is 0 Å². The van der Waals surface area contributed by atoms with Crippen LogP contribution in [0, 0.1) is 6.92 Å². The molecule has 0 aliphatic carbocycles. The Morgan fingerprint density at radius 3 is 2.56 bits per heavy atom. The average molecular weight is 235 g/mol. The second kappa shape index (κ2) is 4.76. The SMILES string of the molecule is Cc1cn(CCC(F)(F)F)c(NC(C)C)n1. The van der Waals surface area contributed by atoms with Gasteiger partial charge in [-0.15, -0.1) is 0 Å². The number of hydrogen-bond acceptors (Lipinski definition) is 2. The molecule has 0 amide bonds. The molecule has 1 rings (SSSR count). The quantitative estimate of drug-likeness (QED) is 0.869. The minimum absolute atomic E-state index is 0.0978. The minimum Gasteiger partial charge on any atom is -0.353 e. The van der Waals surface area contributed by atoms with Gasteiger partial charge in [-0.25, -0.2) is 4.98 Å². The van der Waals surface area contributed by atoms with E-state index in [9.17, 15) is 13.2 Å². The summed E-state index contributed by atoms with van der Waals surface area (Å²) in [5.41, 5.74) is 0.713. The van der Waals surface area contributed by atoms with E-state index in [1.165, 1.54) is 4.57 Å². The van der Waals surface area contributed by atoms with Gasteiger partial charge >= 0.3 is 6.18 Å². The van der Waals surface area contributed by atoms with E-state index in [-0.39, 0.29) is 12.6 Å². The summed E-state index contributed by atoms with van der Waals surface area (Å²) in [6.07, 6.45) is -3.35. The fourth-order valence-corrected chi connectivity index (χ4v) is 1.34. The van der Waals surface area contributed by atoms with Gasteiger partial charge in [-0.2, -0.15) is 13.2 Å². The fraction of sp³-hybridized carbons (Fsp3) is 0.700. The van der Waals surface area contributed by atoms with Gasteiger partial charge in [-0.3, -0.25) is 0 Å². The zero-order valence-corrected chi connectivity index (χ0v) is 9.60. The van der Waals surface area contributed by atoms with E-state index in [1.54, 1.807) is 13.1 Å². The number of anilines is 1. The number of alkyl halides is 3. The first-order chi connectivity index (χ1) is 7.28. The molecule has 0 atom stereocenters. The molecule has 0 aliphatic rings. The number of nitrogens with zero attached hydrogens (tertiary/aromatic N) is 2. The third-order valence-electron chi connectivity index (χ3n) is 1.95. The zero-order valence-electron chi connectivity index (χ0n) is 9.60. The summed E-state index contributed by atoms with van der Waals surface area (Å²) < 4.78 is 37.8. The van der Waals surface area contributed by atoms with Crippen molar-refractivity contribution < 1.29 is 13.2 Å². The molecule has 1 aromatic heterocycles. The highest BCUT2D eigenvalue weighted by molar-refractivity contribution is 5.29. The summed E-state index contributed by atoms with van der Waals surface area (Å²) in [4.78, 5) is 4.14. The molecule has 0 saturated heterocycles. The first-order valence-electron chi connectivity index (χ1n) is 5.15. The largest absolute Gasteiger partial charge is 0.390 e. The molecule has 3 nitrogen and oxygen atoms in total. The highest BCUT2D eigenvalue weighted by Gasteiger charge is 2.27. The highest BCUT2D eigenvalue weighted by Crippen LogP contribution is 2.21. The van der Waals surface area contributed by atoms with Crippen molar-refractivity contribution in [2.45, 2.75) is 46.0 Å². The summed E-state index contributed by atoms with van der Waals surface area (Å²) in [6.45, 7) is 5.49. The van der Waals surface area contributed by atoms with Gasteiger partial charge in [0.1, 0.15) is 0 Å². The number of aromatic nitrogens is 2. The standard InChI is InChI=1S/C10H16F3N3/c1-7(2)14-9-15-8(3)6-16(9)5-4-10(11,12)13/h6-7H,4-5H2,1-3H3,(H,14,15). The Balaban J connectivity index is 2.71. The lowest BCUT2D eigenvalue weighted by Crippen LogP contribution is -2.17. The van der Waals surface area contributed by atoms with Crippen molar-refractivity contribution in [1.29, 1.82) is 0 Å².